The van der Waals surface area contributed by atoms with E-state index in [2.05, 4.69) is 31.2 Å². The van der Waals surface area contributed by atoms with Crippen molar-refractivity contribution in [2.45, 2.75) is 46.2 Å². The maximum atomic E-state index is 12.3. The van der Waals surface area contributed by atoms with Gasteiger partial charge in [-0.1, -0.05) is 13.8 Å². The minimum absolute atomic E-state index is 0.194. The lowest BCUT2D eigenvalue weighted by atomic mass is 10.1. The number of nitrogens with zero attached hydrogens (tertiary/aromatic N) is 2. The van der Waals surface area contributed by atoms with Crippen LogP contribution in [0.15, 0.2) is 4.47 Å². The molecule has 0 unspecified atom stereocenters. The van der Waals surface area contributed by atoms with Crippen LogP contribution in [-0.2, 0) is 12.8 Å². The minimum Gasteiger partial charge on any atom is -0.369 e. The van der Waals surface area contributed by atoms with Gasteiger partial charge in [0.05, 0.1) is 16.6 Å². The van der Waals surface area contributed by atoms with Gasteiger partial charge in [0.15, 0.2) is 0 Å². The summed E-state index contributed by atoms with van der Waals surface area (Å²) in [4.78, 5) is 8.42. The summed E-state index contributed by atoms with van der Waals surface area (Å²) in [5, 5.41) is 3.05. The Labute approximate surface area is 125 Å². The maximum Gasteiger partial charge on any atom is 0.389 e. The fourth-order valence-electron chi connectivity index (χ4n) is 1.72. The van der Waals surface area contributed by atoms with Gasteiger partial charge in [-0.2, -0.15) is 13.2 Å². The zero-order valence-corrected chi connectivity index (χ0v) is 13.4. The molecule has 0 atom stereocenters. The van der Waals surface area contributed by atoms with E-state index in [0.717, 1.165) is 10.2 Å². The number of anilines is 1. The van der Waals surface area contributed by atoms with Gasteiger partial charge in [-0.25, -0.2) is 9.97 Å². The predicted molar refractivity (Wildman–Crippen MR) is 76.8 cm³/mol. The number of rotatable bonds is 6. The molecule has 0 saturated heterocycles. The van der Waals surface area contributed by atoms with Crippen molar-refractivity contribution in [1.82, 2.24) is 9.97 Å². The third-order valence-corrected chi connectivity index (χ3v) is 3.38. The van der Waals surface area contributed by atoms with Crippen LogP contribution in [0.4, 0.5) is 19.0 Å². The first kappa shape index (κ1) is 17.2. The summed E-state index contributed by atoms with van der Waals surface area (Å²) in [6.07, 6.45) is -4.59. The summed E-state index contributed by atoms with van der Waals surface area (Å²) in [6, 6.07) is 0. The van der Waals surface area contributed by atoms with E-state index in [1.165, 1.54) is 0 Å². The van der Waals surface area contributed by atoms with E-state index in [1.807, 2.05) is 20.8 Å². The van der Waals surface area contributed by atoms with Crippen LogP contribution in [0.2, 0.25) is 0 Å². The molecule has 0 spiro atoms. The second-order valence-corrected chi connectivity index (χ2v) is 5.79. The smallest absolute Gasteiger partial charge is 0.369 e. The van der Waals surface area contributed by atoms with Gasteiger partial charge in [0.2, 0.25) is 0 Å². The first-order valence-electron chi connectivity index (χ1n) is 6.58. The number of aryl methyl sites for hydroxylation is 1. The van der Waals surface area contributed by atoms with E-state index in [-0.39, 0.29) is 12.2 Å². The number of alkyl halides is 3. The van der Waals surface area contributed by atoms with Crippen molar-refractivity contribution in [3.05, 3.63) is 16.0 Å². The molecule has 1 aromatic rings. The Bertz CT molecular complexity index is 447. The lowest BCUT2D eigenvalue weighted by Crippen LogP contribution is -2.13. The fraction of sp³-hybridized carbons (Fsp3) is 0.692. The molecular formula is C13H19BrF3N3. The van der Waals surface area contributed by atoms with Crippen LogP contribution in [0.3, 0.4) is 0 Å². The SMILES string of the molecule is CCNc1nc(CCC(F)(F)F)nc(CC(C)C)c1Br. The molecule has 0 amide bonds. The highest BCUT2D eigenvalue weighted by molar-refractivity contribution is 9.10. The predicted octanol–water partition coefficient (Wildman–Crippen LogP) is 4.36. The van der Waals surface area contributed by atoms with Crippen LogP contribution in [0.1, 0.15) is 38.7 Å². The third-order valence-electron chi connectivity index (χ3n) is 2.54. The van der Waals surface area contributed by atoms with Gasteiger partial charge >= 0.3 is 6.18 Å². The van der Waals surface area contributed by atoms with Crippen LogP contribution in [-0.4, -0.2) is 22.7 Å². The zero-order valence-electron chi connectivity index (χ0n) is 11.8. The van der Waals surface area contributed by atoms with Crippen LogP contribution >= 0.6 is 15.9 Å². The van der Waals surface area contributed by atoms with Gasteiger partial charge in [0.25, 0.3) is 0 Å². The Hall–Kier alpha value is -0.850. The molecule has 7 heteroatoms. The highest BCUT2D eigenvalue weighted by Crippen LogP contribution is 2.27. The van der Waals surface area contributed by atoms with Crippen molar-refractivity contribution in [1.29, 1.82) is 0 Å². The number of hydrogen-bond acceptors (Lipinski definition) is 3. The Kier molecular flexibility index (Phi) is 6.23. The van der Waals surface area contributed by atoms with Crippen LogP contribution in [0, 0.1) is 5.92 Å². The van der Waals surface area contributed by atoms with E-state index in [4.69, 9.17) is 0 Å². The first-order chi connectivity index (χ1) is 9.23. The molecule has 1 rings (SSSR count). The molecule has 0 bridgehead atoms. The molecule has 0 aliphatic rings. The molecule has 0 aromatic carbocycles. The molecule has 1 N–H and O–H groups in total. The number of halogens is 4. The molecule has 0 aliphatic carbocycles. The quantitative estimate of drug-likeness (QED) is 0.825. The highest BCUT2D eigenvalue weighted by Gasteiger charge is 2.27. The third kappa shape index (κ3) is 5.64. The first-order valence-corrected chi connectivity index (χ1v) is 7.38. The van der Waals surface area contributed by atoms with E-state index in [1.54, 1.807) is 0 Å². The summed E-state index contributed by atoms with van der Waals surface area (Å²) in [6.45, 7) is 6.63. The summed E-state index contributed by atoms with van der Waals surface area (Å²) < 4.78 is 37.6. The molecule has 0 saturated carbocycles. The van der Waals surface area contributed by atoms with Gasteiger partial charge < -0.3 is 5.32 Å². The van der Waals surface area contributed by atoms with Crippen molar-refractivity contribution in [3.8, 4) is 0 Å². The maximum absolute atomic E-state index is 12.3. The van der Waals surface area contributed by atoms with E-state index < -0.39 is 12.6 Å². The summed E-state index contributed by atoms with van der Waals surface area (Å²) >= 11 is 3.43. The van der Waals surface area contributed by atoms with Crippen molar-refractivity contribution in [2.75, 3.05) is 11.9 Å². The standard InChI is InChI=1S/C13H19BrF3N3/c1-4-18-12-11(14)9(7-8(2)3)19-10(20-12)5-6-13(15,16)17/h8H,4-7H2,1-3H3,(H,18,19,20). The highest BCUT2D eigenvalue weighted by atomic mass is 79.9. The van der Waals surface area contributed by atoms with E-state index in [0.29, 0.717) is 24.7 Å². The Morgan fingerprint density at radius 3 is 2.40 bits per heavy atom. The van der Waals surface area contributed by atoms with Gasteiger partial charge in [-0.3, -0.25) is 0 Å². The molecule has 3 nitrogen and oxygen atoms in total. The van der Waals surface area contributed by atoms with Crippen molar-refractivity contribution < 1.29 is 13.2 Å². The van der Waals surface area contributed by atoms with Crippen molar-refractivity contribution in [3.63, 3.8) is 0 Å². The molecule has 20 heavy (non-hydrogen) atoms. The Morgan fingerprint density at radius 2 is 1.90 bits per heavy atom. The molecule has 0 fully saturated rings. The number of aromatic nitrogens is 2. The topological polar surface area (TPSA) is 37.8 Å². The van der Waals surface area contributed by atoms with E-state index in [9.17, 15) is 13.2 Å². The van der Waals surface area contributed by atoms with Gasteiger partial charge in [-0.15, -0.1) is 0 Å². The van der Waals surface area contributed by atoms with Gasteiger partial charge in [0.1, 0.15) is 11.6 Å². The average molecular weight is 354 g/mol. The summed E-state index contributed by atoms with van der Waals surface area (Å²) in [5.74, 6) is 1.17. The second-order valence-electron chi connectivity index (χ2n) is 4.99. The summed E-state index contributed by atoms with van der Waals surface area (Å²) in [7, 11) is 0. The van der Waals surface area contributed by atoms with E-state index >= 15 is 0 Å². The monoisotopic (exact) mass is 353 g/mol. The number of nitrogens with one attached hydrogen (secondary N) is 1. The normalized spacial score (nSPS) is 12.0. The molecular weight excluding hydrogens is 335 g/mol. The van der Waals surface area contributed by atoms with Crippen molar-refractivity contribution in [2.24, 2.45) is 5.92 Å². The fourth-order valence-corrected chi connectivity index (χ4v) is 2.20. The van der Waals surface area contributed by atoms with Gasteiger partial charge in [0, 0.05) is 13.0 Å². The minimum atomic E-state index is -4.19. The van der Waals surface area contributed by atoms with Gasteiger partial charge in [-0.05, 0) is 35.2 Å². The molecule has 0 aliphatic heterocycles. The zero-order chi connectivity index (χ0) is 15.3. The Balaban J connectivity index is 3.02. The lowest BCUT2D eigenvalue weighted by molar-refractivity contribution is -0.134. The van der Waals surface area contributed by atoms with Crippen LogP contribution < -0.4 is 5.32 Å². The van der Waals surface area contributed by atoms with Crippen LogP contribution in [0.25, 0.3) is 0 Å². The average Bonchev–Trinajstić information content (AvgIpc) is 2.30. The number of hydrogen-bond donors (Lipinski definition) is 1. The second kappa shape index (κ2) is 7.24. The van der Waals surface area contributed by atoms with Crippen molar-refractivity contribution >= 4 is 21.7 Å². The molecule has 114 valence electrons. The summed E-state index contributed by atoms with van der Waals surface area (Å²) in [5.41, 5.74) is 0.753. The molecule has 0 radical (unpaired) electrons. The molecule has 1 heterocycles. The molecule has 1 aromatic heterocycles. The largest absolute Gasteiger partial charge is 0.389 e. The van der Waals surface area contributed by atoms with Crippen LogP contribution in [0.5, 0.6) is 0 Å². The lowest BCUT2D eigenvalue weighted by Gasteiger charge is -2.14. The Morgan fingerprint density at radius 1 is 1.25 bits per heavy atom.